The normalized spacial score (nSPS) is 23.7. The van der Waals surface area contributed by atoms with Gasteiger partial charge in [0.1, 0.15) is 6.04 Å². The summed E-state index contributed by atoms with van der Waals surface area (Å²) in [6.45, 7) is 3.51. The van der Waals surface area contributed by atoms with E-state index in [-0.39, 0.29) is 18.0 Å². The Balaban J connectivity index is 1.50. The van der Waals surface area contributed by atoms with Crippen molar-refractivity contribution in [2.75, 3.05) is 16.4 Å². The molecule has 0 N–H and O–H groups in total. The van der Waals surface area contributed by atoms with Gasteiger partial charge in [0, 0.05) is 23.4 Å². The number of esters is 1. The second-order valence-electron chi connectivity index (χ2n) is 9.46. The van der Waals surface area contributed by atoms with Gasteiger partial charge >= 0.3 is 5.97 Å². The van der Waals surface area contributed by atoms with Gasteiger partial charge in [0.2, 0.25) is 11.8 Å². The molecule has 0 unspecified atom stereocenters. The lowest BCUT2D eigenvalue weighted by Crippen LogP contribution is -2.49. The van der Waals surface area contributed by atoms with Crippen LogP contribution in [0.15, 0.2) is 60.7 Å². The van der Waals surface area contributed by atoms with E-state index >= 15 is 0 Å². The van der Waals surface area contributed by atoms with E-state index < -0.39 is 46.6 Å². The number of nitrogens with zero attached hydrogens (tertiary/aromatic N) is 3. The smallest absolute Gasteiger partial charge is 0.329 e. The van der Waals surface area contributed by atoms with Gasteiger partial charge in [-0.15, -0.1) is 0 Å². The molecule has 9 heteroatoms. The highest BCUT2D eigenvalue weighted by Gasteiger charge is 2.65. The number of aryl methyl sites for hydroxylation is 1. The second-order valence-corrected chi connectivity index (χ2v) is 9.46. The van der Waals surface area contributed by atoms with Crippen LogP contribution in [-0.2, 0) is 19.1 Å². The van der Waals surface area contributed by atoms with Crippen LogP contribution in [0.4, 0.5) is 17.1 Å². The summed E-state index contributed by atoms with van der Waals surface area (Å²) < 4.78 is 5.41. The number of anilines is 2. The second kappa shape index (κ2) is 8.26. The minimum absolute atomic E-state index is 0.126. The Hall–Kier alpha value is -4.53. The molecule has 2 amide bonds. The van der Waals surface area contributed by atoms with Crippen LogP contribution in [0, 0.1) is 28.9 Å². The van der Waals surface area contributed by atoms with E-state index in [0.717, 1.165) is 26.9 Å². The summed E-state index contributed by atoms with van der Waals surface area (Å²) in [6.07, 6.45) is 3.82. The monoisotopic (exact) mass is 497 g/mol. The number of rotatable bonds is 4. The Morgan fingerprint density at radius 3 is 2.54 bits per heavy atom. The van der Waals surface area contributed by atoms with Crippen LogP contribution in [-0.4, -0.2) is 41.4 Å². The number of hydrogen-bond donors (Lipinski definition) is 0. The van der Waals surface area contributed by atoms with Gasteiger partial charge in [0.25, 0.3) is 5.69 Å². The summed E-state index contributed by atoms with van der Waals surface area (Å²) in [5.74, 6) is -3.43. The highest BCUT2D eigenvalue weighted by atomic mass is 16.6. The molecule has 3 aromatic carbocycles. The largest absolute Gasteiger partial charge is 0.464 e. The van der Waals surface area contributed by atoms with Gasteiger partial charge in [-0.3, -0.25) is 19.7 Å². The number of carbonyl (C=O) groups is 3. The molecule has 0 saturated carbocycles. The molecule has 0 aromatic heterocycles. The summed E-state index contributed by atoms with van der Waals surface area (Å²) in [6, 6.07) is 14.3. The molecule has 3 aromatic rings. The molecule has 9 nitrogen and oxygen atoms in total. The number of carbonyl (C=O) groups excluding carboxylic acids is 3. The zero-order chi connectivity index (χ0) is 26.0. The maximum absolute atomic E-state index is 13.9. The van der Waals surface area contributed by atoms with E-state index in [1.165, 1.54) is 18.2 Å². The van der Waals surface area contributed by atoms with Crippen molar-refractivity contribution in [1.29, 1.82) is 0 Å². The number of ether oxygens (including phenoxy) is 1. The Morgan fingerprint density at radius 2 is 1.78 bits per heavy atom. The molecular weight excluding hydrogens is 474 g/mol. The van der Waals surface area contributed by atoms with Gasteiger partial charge in [-0.1, -0.05) is 48.6 Å². The van der Waals surface area contributed by atoms with Crippen molar-refractivity contribution in [3.8, 4) is 0 Å². The Kier molecular flexibility index (Phi) is 5.11. The molecule has 37 heavy (non-hydrogen) atoms. The van der Waals surface area contributed by atoms with Crippen LogP contribution in [0.25, 0.3) is 16.8 Å². The number of hydrogen-bond acceptors (Lipinski definition) is 7. The first-order chi connectivity index (χ1) is 17.8. The molecular formula is C28H23N3O6. The number of non-ortho nitro benzene ring substituents is 1. The van der Waals surface area contributed by atoms with Crippen LogP contribution in [0.2, 0.25) is 0 Å². The van der Waals surface area contributed by atoms with Gasteiger partial charge < -0.3 is 9.64 Å². The number of benzene rings is 3. The van der Waals surface area contributed by atoms with Crippen LogP contribution in [0.5, 0.6) is 0 Å². The number of fused-ring (bicyclic) bond motifs is 7. The van der Waals surface area contributed by atoms with Gasteiger partial charge in [-0.25, -0.2) is 9.69 Å². The third-order valence-electron chi connectivity index (χ3n) is 7.59. The summed E-state index contributed by atoms with van der Waals surface area (Å²) in [7, 11) is 0. The molecule has 0 bridgehead atoms. The van der Waals surface area contributed by atoms with Gasteiger partial charge in [0.15, 0.2) is 0 Å². The van der Waals surface area contributed by atoms with E-state index in [0.29, 0.717) is 5.56 Å². The van der Waals surface area contributed by atoms with Gasteiger partial charge in [-0.05, 0) is 36.2 Å². The lowest BCUT2D eigenvalue weighted by Gasteiger charge is -2.36. The first-order valence-corrected chi connectivity index (χ1v) is 12.1. The first kappa shape index (κ1) is 22.9. The van der Waals surface area contributed by atoms with Crippen LogP contribution >= 0.6 is 0 Å². The maximum atomic E-state index is 13.9. The van der Waals surface area contributed by atoms with E-state index in [2.05, 4.69) is 0 Å². The SMILES string of the molecule is CCOC(=O)[C@H]1[C@H]2C(=O)N(c3cc([N+](=O)[O-])ccc3C)C(=O)[C@H]2[C@@H]2C=Cc3c(ccc4ccccc34)N21. The third kappa shape index (κ3) is 3.20. The average molecular weight is 498 g/mol. The van der Waals surface area contributed by atoms with E-state index in [9.17, 15) is 24.5 Å². The Labute approximate surface area is 212 Å². The van der Waals surface area contributed by atoms with Gasteiger partial charge in [0.05, 0.1) is 35.1 Å². The topological polar surface area (TPSA) is 110 Å². The summed E-state index contributed by atoms with van der Waals surface area (Å²) in [5, 5.41) is 13.4. The van der Waals surface area contributed by atoms with Crippen molar-refractivity contribution in [3.63, 3.8) is 0 Å². The standard InChI is InChI=1S/C28H23N3O6/c1-3-37-28(34)25-24-23(26(32)30(27(24)33)22-14-17(31(35)36)10-8-15(22)2)21-13-11-19-18-7-5-4-6-16(18)9-12-20(19)29(21)25/h4-14,21,23-25H,3H2,1-2H3/t21-,23-,24-,25+/m0/s1. The molecule has 2 fully saturated rings. The highest BCUT2D eigenvalue weighted by molar-refractivity contribution is 6.25. The minimum atomic E-state index is -1.01. The van der Waals surface area contributed by atoms with Crippen molar-refractivity contribution < 1.29 is 24.0 Å². The summed E-state index contributed by atoms with van der Waals surface area (Å²) in [4.78, 5) is 54.8. The zero-order valence-electron chi connectivity index (χ0n) is 20.2. The van der Waals surface area contributed by atoms with Crippen molar-refractivity contribution in [1.82, 2.24) is 0 Å². The van der Waals surface area contributed by atoms with Crippen molar-refractivity contribution >= 4 is 51.7 Å². The fraction of sp³-hybridized carbons (Fsp3) is 0.250. The molecule has 186 valence electrons. The predicted octanol–water partition coefficient (Wildman–Crippen LogP) is 4.01. The quantitative estimate of drug-likeness (QED) is 0.232. The number of nitro groups is 1. The van der Waals surface area contributed by atoms with Crippen molar-refractivity contribution in [3.05, 3.63) is 81.9 Å². The summed E-state index contributed by atoms with van der Waals surface area (Å²) in [5.41, 5.74) is 2.17. The molecule has 0 spiro atoms. The molecule has 3 heterocycles. The predicted molar refractivity (Wildman–Crippen MR) is 137 cm³/mol. The molecule has 0 aliphatic carbocycles. The first-order valence-electron chi connectivity index (χ1n) is 12.1. The molecule has 3 aliphatic rings. The van der Waals surface area contributed by atoms with Crippen molar-refractivity contribution in [2.24, 2.45) is 11.8 Å². The van der Waals surface area contributed by atoms with Crippen LogP contribution in [0.1, 0.15) is 18.1 Å². The fourth-order valence-electron chi connectivity index (χ4n) is 6.01. The Bertz CT molecular complexity index is 1550. The fourth-order valence-corrected chi connectivity index (χ4v) is 6.01. The molecule has 3 aliphatic heterocycles. The van der Waals surface area contributed by atoms with Crippen LogP contribution < -0.4 is 9.80 Å². The molecule has 6 rings (SSSR count). The molecule has 2 saturated heterocycles. The molecule has 0 radical (unpaired) electrons. The number of amides is 2. The highest BCUT2D eigenvalue weighted by Crippen LogP contribution is 2.50. The summed E-state index contributed by atoms with van der Waals surface area (Å²) >= 11 is 0. The average Bonchev–Trinajstić information content (AvgIpc) is 3.37. The zero-order valence-corrected chi connectivity index (χ0v) is 20.2. The lowest BCUT2D eigenvalue weighted by atomic mass is 9.88. The van der Waals surface area contributed by atoms with Crippen LogP contribution in [0.3, 0.4) is 0 Å². The number of nitro benzene ring substituents is 1. The number of imide groups is 1. The van der Waals surface area contributed by atoms with E-state index in [1.54, 1.807) is 13.8 Å². The lowest BCUT2D eigenvalue weighted by molar-refractivity contribution is -0.384. The van der Waals surface area contributed by atoms with E-state index in [4.69, 9.17) is 4.74 Å². The van der Waals surface area contributed by atoms with Crippen molar-refractivity contribution in [2.45, 2.75) is 25.9 Å². The molecule has 4 atom stereocenters. The van der Waals surface area contributed by atoms with E-state index in [1.807, 2.05) is 53.5 Å². The van der Waals surface area contributed by atoms with Gasteiger partial charge in [-0.2, -0.15) is 0 Å². The Morgan fingerprint density at radius 1 is 1.03 bits per heavy atom. The maximum Gasteiger partial charge on any atom is 0.329 e. The minimum Gasteiger partial charge on any atom is -0.464 e. The third-order valence-corrected chi connectivity index (χ3v) is 7.59.